The summed E-state index contributed by atoms with van der Waals surface area (Å²) in [5.74, 6) is -0.0307. The van der Waals surface area contributed by atoms with E-state index in [-0.39, 0.29) is 5.91 Å². The van der Waals surface area contributed by atoms with Gasteiger partial charge in [0.1, 0.15) is 0 Å². The summed E-state index contributed by atoms with van der Waals surface area (Å²) in [5, 5.41) is 4.34. The fourth-order valence-electron chi connectivity index (χ4n) is 2.33. The van der Waals surface area contributed by atoms with Crippen LogP contribution in [0.1, 0.15) is 24.2 Å². The molecule has 1 saturated heterocycles. The zero-order valence-corrected chi connectivity index (χ0v) is 11.9. The summed E-state index contributed by atoms with van der Waals surface area (Å²) in [6, 6.07) is 5.57. The van der Waals surface area contributed by atoms with Gasteiger partial charge in [0, 0.05) is 30.2 Å². The highest BCUT2D eigenvalue weighted by Gasteiger charge is 2.26. The van der Waals surface area contributed by atoms with Crippen LogP contribution in [0.25, 0.3) is 0 Å². The van der Waals surface area contributed by atoms with Crippen LogP contribution < -0.4 is 5.32 Å². The number of benzene rings is 1. The molecule has 3 nitrogen and oxygen atoms in total. The fourth-order valence-corrected chi connectivity index (χ4v) is 2.82. The topological polar surface area (TPSA) is 32.3 Å². The molecule has 18 heavy (non-hydrogen) atoms. The van der Waals surface area contributed by atoms with Crippen LogP contribution in [0, 0.1) is 0 Å². The minimum absolute atomic E-state index is 0.0307. The Morgan fingerprint density at radius 1 is 1.28 bits per heavy atom. The molecule has 2 unspecified atom stereocenters. The molecule has 1 aliphatic rings. The van der Waals surface area contributed by atoms with Crippen LogP contribution in [0.15, 0.2) is 18.2 Å². The molecule has 1 aromatic carbocycles. The molecule has 1 fully saturated rings. The maximum absolute atomic E-state index is 12.4. The van der Waals surface area contributed by atoms with E-state index in [0.717, 1.165) is 0 Å². The number of carbonyl (C=O) groups excluding carboxylic acids is 1. The predicted molar refractivity (Wildman–Crippen MR) is 74.4 cm³/mol. The van der Waals surface area contributed by atoms with Gasteiger partial charge in [-0.2, -0.15) is 0 Å². The van der Waals surface area contributed by atoms with Gasteiger partial charge < -0.3 is 10.2 Å². The molecule has 1 heterocycles. The van der Waals surface area contributed by atoms with Crippen molar-refractivity contribution in [1.29, 1.82) is 0 Å². The third-order valence-electron chi connectivity index (χ3n) is 3.01. The lowest BCUT2D eigenvalue weighted by Gasteiger charge is -2.36. The first-order chi connectivity index (χ1) is 8.47. The van der Waals surface area contributed by atoms with Gasteiger partial charge in [-0.1, -0.05) is 23.2 Å². The molecular formula is C13H16Cl2N2O. The molecule has 5 heteroatoms. The molecule has 2 rings (SSSR count). The second kappa shape index (κ2) is 5.47. The molecule has 98 valence electrons. The molecule has 0 aliphatic carbocycles. The molecule has 0 radical (unpaired) electrons. The molecule has 2 atom stereocenters. The van der Waals surface area contributed by atoms with E-state index >= 15 is 0 Å². The Hall–Kier alpha value is -0.770. The quantitative estimate of drug-likeness (QED) is 0.861. The average Bonchev–Trinajstić information content (AvgIpc) is 2.26. The van der Waals surface area contributed by atoms with Gasteiger partial charge in [-0.05, 0) is 32.0 Å². The number of amides is 1. The molecule has 1 aliphatic heterocycles. The number of halogens is 2. The van der Waals surface area contributed by atoms with Gasteiger partial charge in [0.25, 0.3) is 5.91 Å². The molecule has 0 saturated carbocycles. The summed E-state index contributed by atoms with van der Waals surface area (Å²) in [6.07, 6.45) is 0. The van der Waals surface area contributed by atoms with Crippen molar-refractivity contribution >= 4 is 29.1 Å². The second-order valence-corrected chi connectivity index (χ2v) is 5.65. The van der Waals surface area contributed by atoms with Crippen LogP contribution in [0.3, 0.4) is 0 Å². The average molecular weight is 287 g/mol. The SMILES string of the molecule is CC1CN(C(=O)c2ccc(Cl)cc2Cl)CC(C)N1. The van der Waals surface area contributed by atoms with E-state index in [9.17, 15) is 4.79 Å². The normalized spacial score (nSPS) is 24.1. The van der Waals surface area contributed by atoms with Crippen molar-refractivity contribution in [2.75, 3.05) is 13.1 Å². The lowest BCUT2D eigenvalue weighted by atomic mass is 10.1. The zero-order valence-electron chi connectivity index (χ0n) is 10.4. The van der Waals surface area contributed by atoms with Crippen molar-refractivity contribution in [3.8, 4) is 0 Å². The standard InChI is InChI=1S/C13H16Cl2N2O/c1-8-6-17(7-9(2)16-8)13(18)11-4-3-10(14)5-12(11)15/h3-5,8-9,16H,6-7H2,1-2H3. The summed E-state index contributed by atoms with van der Waals surface area (Å²) < 4.78 is 0. The van der Waals surface area contributed by atoms with Crippen LogP contribution >= 0.6 is 23.2 Å². The Morgan fingerprint density at radius 3 is 2.44 bits per heavy atom. The summed E-state index contributed by atoms with van der Waals surface area (Å²) in [5.41, 5.74) is 0.516. The molecule has 0 aromatic heterocycles. The van der Waals surface area contributed by atoms with Crippen LogP contribution in [0.5, 0.6) is 0 Å². The van der Waals surface area contributed by atoms with E-state index in [4.69, 9.17) is 23.2 Å². The molecule has 1 N–H and O–H groups in total. The van der Waals surface area contributed by atoms with Crippen LogP contribution in [0.4, 0.5) is 0 Å². The van der Waals surface area contributed by atoms with E-state index in [1.165, 1.54) is 0 Å². The number of hydrogen-bond donors (Lipinski definition) is 1. The van der Waals surface area contributed by atoms with Crippen molar-refractivity contribution < 1.29 is 4.79 Å². The molecular weight excluding hydrogens is 271 g/mol. The van der Waals surface area contributed by atoms with Gasteiger partial charge in [-0.15, -0.1) is 0 Å². The number of nitrogens with zero attached hydrogens (tertiary/aromatic N) is 1. The fraction of sp³-hybridized carbons (Fsp3) is 0.462. The van der Waals surface area contributed by atoms with Crippen LogP contribution in [-0.2, 0) is 0 Å². The Bertz CT molecular complexity index is 454. The number of hydrogen-bond acceptors (Lipinski definition) is 2. The third kappa shape index (κ3) is 2.97. The number of piperazine rings is 1. The van der Waals surface area contributed by atoms with E-state index in [1.54, 1.807) is 18.2 Å². The minimum Gasteiger partial charge on any atom is -0.336 e. The van der Waals surface area contributed by atoms with Crippen molar-refractivity contribution in [3.05, 3.63) is 33.8 Å². The van der Waals surface area contributed by atoms with Gasteiger partial charge in [0.15, 0.2) is 0 Å². The predicted octanol–water partition coefficient (Wildman–Crippen LogP) is 2.82. The van der Waals surface area contributed by atoms with Crippen molar-refractivity contribution in [3.63, 3.8) is 0 Å². The van der Waals surface area contributed by atoms with Gasteiger partial charge in [-0.3, -0.25) is 4.79 Å². The van der Waals surface area contributed by atoms with Crippen LogP contribution in [0.2, 0.25) is 10.0 Å². The maximum Gasteiger partial charge on any atom is 0.255 e. The molecule has 0 spiro atoms. The monoisotopic (exact) mass is 286 g/mol. The highest BCUT2D eigenvalue weighted by Crippen LogP contribution is 2.23. The molecule has 1 aromatic rings. The highest BCUT2D eigenvalue weighted by molar-refractivity contribution is 6.36. The first-order valence-electron chi connectivity index (χ1n) is 5.97. The minimum atomic E-state index is -0.0307. The Balaban J connectivity index is 2.20. The third-order valence-corrected chi connectivity index (χ3v) is 3.55. The van der Waals surface area contributed by atoms with E-state index in [2.05, 4.69) is 19.2 Å². The van der Waals surface area contributed by atoms with Crippen molar-refractivity contribution in [2.45, 2.75) is 25.9 Å². The smallest absolute Gasteiger partial charge is 0.255 e. The van der Waals surface area contributed by atoms with E-state index in [1.807, 2.05) is 4.90 Å². The zero-order chi connectivity index (χ0) is 13.3. The van der Waals surface area contributed by atoms with Crippen molar-refractivity contribution in [1.82, 2.24) is 10.2 Å². The molecule has 1 amide bonds. The summed E-state index contributed by atoms with van der Waals surface area (Å²) in [6.45, 7) is 5.53. The second-order valence-electron chi connectivity index (χ2n) is 4.80. The maximum atomic E-state index is 12.4. The highest BCUT2D eigenvalue weighted by atomic mass is 35.5. The lowest BCUT2D eigenvalue weighted by Crippen LogP contribution is -2.55. The lowest BCUT2D eigenvalue weighted by molar-refractivity contribution is 0.0674. The first-order valence-corrected chi connectivity index (χ1v) is 6.73. The Morgan fingerprint density at radius 2 is 1.89 bits per heavy atom. The van der Waals surface area contributed by atoms with E-state index < -0.39 is 0 Å². The van der Waals surface area contributed by atoms with Gasteiger partial charge in [0.05, 0.1) is 10.6 Å². The molecule has 0 bridgehead atoms. The number of carbonyl (C=O) groups is 1. The van der Waals surface area contributed by atoms with Crippen LogP contribution in [-0.4, -0.2) is 36.0 Å². The number of rotatable bonds is 1. The first kappa shape index (κ1) is 13.7. The number of nitrogens with one attached hydrogen (secondary N) is 1. The summed E-state index contributed by atoms with van der Waals surface area (Å²) in [7, 11) is 0. The Kier molecular flexibility index (Phi) is 4.15. The summed E-state index contributed by atoms with van der Waals surface area (Å²) in [4.78, 5) is 14.2. The van der Waals surface area contributed by atoms with Gasteiger partial charge in [0.2, 0.25) is 0 Å². The van der Waals surface area contributed by atoms with E-state index in [0.29, 0.717) is 40.8 Å². The largest absolute Gasteiger partial charge is 0.336 e. The van der Waals surface area contributed by atoms with Crippen molar-refractivity contribution in [2.24, 2.45) is 0 Å². The summed E-state index contributed by atoms with van der Waals surface area (Å²) >= 11 is 11.9. The van der Waals surface area contributed by atoms with Gasteiger partial charge in [-0.25, -0.2) is 0 Å². The Labute approximate surface area is 117 Å². The van der Waals surface area contributed by atoms with Gasteiger partial charge >= 0.3 is 0 Å².